The molecule has 0 aliphatic carbocycles. The Morgan fingerprint density at radius 2 is 1.00 bits per heavy atom. The molecular weight excluding hydrogens is 709 g/mol. The second-order valence-electron chi connectivity index (χ2n) is 14.8. The van der Waals surface area contributed by atoms with Crippen LogP contribution in [0.25, 0.3) is 116 Å². The number of para-hydroxylation sites is 1. The summed E-state index contributed by atoms with van der Waals surface area (Å²) in [5.74, 6) is 1.81. The number of hydrogen-bond donors (Lipinski definition) is 0. The molecule has 12 rings (SSSR count). The molecule has 0 saturated heterocycles. The Morgan fingerprint density at radius 3 is 1.86 bits per heavy atom. The van der Waals surface area contributed by atoms with Gasteiger partial charge in [-0.25, -0.2) is 15.0 Å². The minimum Gasteiger partial charge on any atom is -0.456 e. The predicted molar refractivity (Wildman–Crippen MR) is 238 cm³/mol. The van der Waals surface area contributed by atoms with Crippen LogP contribution < -0.4 is 0 Å². The van der Waals surface area contributed by atoms with Gasteiger partial charge in [0.1, 0.15) is 11.2 Å². The van der Waals surface area contributed by atoms with Gasteiger partial charge in [-0.3, -0.25) is 0 Å². The second-order valence-corrected chi connectivity index (χ2v) is 14.8. The van der Waals surface area contributed by atoms with Crippen LogP contribution in [0, 0.1) is 0 Å². The quantitative estimate of drug-likeness (QED) is 0.176. The van der Waals surface area contributed by atoms with Crippen LogP contribution in [0.4, 0.5) is 0 Å². The summed E-state index contributed by atoms with van der Waals surface area (Å²) in [6.07, 6.45) is 0. The van der Waals surface area contributed by atoms with E-state index < -0.39 is 0 Å². The fourth-order valence-electron chi connectivity index (χ4n) is 8.68. The van der Waals surface area contributed by atoms with E-state index in [-0.39, 0.29) is 0 Å². The van der Waals surface area contributed by atoms with Crippen LogP contribution in [0.15, 0.2) is 199 Å². The number of hydrogen-bond acceptors (Lipinski definition) is 4. The van der Waals surface area contributed by atoms with E-state index in [1.165, 1.54) is 38.1 Å². The minimum absolute atomic E-state index is 0.595. The molecule has 12 aromatic rings. The van der Waals surface area contributed by atoms with Crippen LogP contribution in [0.2, 0.25) is 0 Å². The van der Waals surface area contributed by atoms with E-state index in [1.54, 1.807) is 0 Å². The molecule has 0 aliphatic heterocycles. The summed E-state index contributed by atoms with van der Waals surface area (Å²) in [6, 6.07) is 68.2. The average molecular weight is 741 g/mol. The molecule has 270 valence electrons. The molecule has 3 aromatic heterocycles. The Balaban J connectivity index is 1.05. The minimum atomic E-state index is 0.595. The lowest BCUT2D eigenvalue weighted by Crippen LogP contribution is -2.01. The lowest BCUT2D eigenvalue weighted by atomic mass is 10.0. The van der Waals surface area contributed by atoms with Crippen LogP contribution in [-0.2, 0) is 0 Å². The summed E-state index contributed by atoms with van der Waals surface area (Å²) < 4.78 is 8.67. The first-order chi connectivity index (χ1) is 28.7. The molecule has 0 amide bonds. The summed E-state index contributed by atoms with van der Waals surface area (Å²) >= 11 is 0. The summed E-state index contributed by atoms with van der Waals surface area (Å²) in [5, 5.41) is 9.25. The second kappa shape index (κ2) is 12.8. The van der Waals surface area contributed by atoms with E-state index in [1.807, 2.05) is 30.3 Å². The number of nitrogens with zero attached hydrogens (tertiary/aromatic N) is 4. The zero-order chi connectivity index (χ0) is 38.2. The zero-order valence-corrected chi connectivity index (χ0v) is 31.2. The monoisotopic (exact) mass is 740 g/mol. The van der Waals surface area contributed by atoms with Crippen molar-refractivity contribution in [2.45, 2.75) is 0 Å². The lowest BCUT2D eigenvalue weighted by molar-refractivity contribution is 0.669. The Bertz CT molecular complexity index is 3560. The largest absolute Gasteiger partial charge is 0.456 e. The van der Waals surface area contributed by atoms with Crippen molar-refractivity contribution in [1.82, 2.24) is 19.5 Å². The molecular formula is C53H32N4O. The van der Waals surface area contributed by atoms with Crippen molar-refractivity contribution in [3.8, 4) is 51.0 Å². The van der Waals surface area contributed by atoms with Gasteiger partial charge in [-0.15, -0.1) is 0 Å². The molecule has 0 N–H and O–H groups in total. The Hall–Kier alpha value is -7.89. The van der Waals surface area contributed by atoms with E-state index >= 15 is 0 Å². The molecule has 0 aliphatic rings. The summed E-state index contributed by atoms with van der Waals surface area (Å²) in [4.78, 5) is 15.5. The molecule has 0 radical (unpaired) electrons. The first-order valence-corrected chi connectivity index (χ1v) is 19.5. The fraction of sp³-hybridized carbons (Fsp3) is 0. The standard InChI is InChI=1S/C53H32N4O/c1-2-11-33(12-3-1)38-25-29-42-46(32-38)57(45-30-26-35-14-6-7-16-41(35)49(42)45)40-27-23-36(24-28-40)51-54-52(39-22-21-34-13-4-5-15-37(34)31-39)56-53(55-51)44-18-10-20-48-50(44)43-17-8-9-19-47(43)58-48/h1-32H. The van der Waals surface area contributed by atoms with Crippen molar-refractivity contribution in [1.29, 1.82) is 0 Å². The van der Waals surface area contributed by atoms with E-state index in [4.69, 9.17) is 19.4 Å². The highest BCUT2D eigenvalue weighted by molar-refractivity contribution is 6.21. The van der Waals surface area contributed by atoms with Gasteiger partial charge in [0.15, 0.2) is 17.5 Å². The van der Waals surface area contributed by atoms with Crippen molar-refractivity contribution in [2.75, 3.05) is 0 Å². The molecule has 0 saturated carbocycles. The molecule has 5 nitrogen and oxygen atoms in total. The Labute approximate surface area is 333 Å². The molecule has 5 heteroatoms. The number of rotatable bonds is 5. The molecule has 0 bridgehead atoms. The fourth-order valence-corrected chi connectivity index (χ4v) is 8.68. The summed E-state index contributed by atoms with van der Waals surface area (Å²) in [6.45, 7) is 0. The third-order valence-electron chi connectivity index (χ3n) is 11.4. The van der Waals surface area contributed by atoms with E-state index in [2.05, 4.69) is 168 Å². The van der Waals surface area contributed by atoms with Crippen LogP contribution in [0.1, 0.15) is 0 Å². The summed E-state index contributed by atoms with van der Waals surface area (Å²) in [5.41, 5.74) is 10.1. The molecule has 0 fully saturated rings. The third kappa shape index (κ3) is 5.14. The molecule has 0 spiro atoms. The van der Waals surface area contributed by atoms with Crippen molar-refractivity contribution < 1.29 is 4.42 Å². The summed E-state index contributed by atoms with van der Waals surface area (Å²) in [7, 11) is 0. The van der Waals surface area contributed by atoms with Gasteiger partial charge in [0.25, 0.3) is 0 Å². The van der Waals surface area contributed by atoms with Gasteiger partial charge in [-0.1, -0.05) is 140 Å². The van der Waals surface area contributed by atoms with E-state index in [0.29, 0.717) is 17.5 Å². The molecule has 3 heterocycles. The first-order valence-electron chi connectivity index (χ1n) is 19.5. The number of aromatic nitrogens is 4. The highest BCUT2D eigenvalue weighted by Crippen LogP contribution is 2.40. The highest BCUT2D eigenvalue weighted by Gasteiger charge is 2.20. The van der Waals surface area contributed by atoms with Gasteiger partial charge in [0, 0.05) is 43.9 Å². The van der Waals surface area contributed by atoms with Crippen LogP contribution in [0.5, 0.6) is 0 Å². The predicted octanol–water partition coefficient (Wildman–Crippen LogP) is 13.8. The topological polar surface area (TPSA) is 56.7 Å². The van der Waals surface area contributed by atoms with Gasteiger partial charge < -0.3 is 8.98 Å². The maximum absolute atomic E-state index is 6.28. The van der Waals surface area contributed by atoms with Crippen molar-refractivity contribution in [3.63, 3.8) is 0 Å². The van der Waals surface area contributed by atoms with Gasteiger partial charge >= 0.3 is 0 Å². The third-order valence-corrected chi connectivity index (χ3v) is 11.4. The molecule has 9 aromatic carbocycles. The molecule has 58 heavy (non-hydrogen) atoms. The molecule has 0 unspecified atom stereocenters. The van der Waals surface area contributed by atoms with Crippen molar-refractivity contribution in [2.24, 2.45) is 0 Å². The highest BCUT2D eigenvalue weighted by atomic mass is 16.3. The number of benzene rings is 9. The average Bonchev–Trinajstić information content (AvgIpc) is 3.85. The van der Waals surface area contributed by atoms with Crippen LogP contribution >= 0.6 is 0 Å². The maximum Gasteiger partial charge on any atom is 0.164 e. The number of furan rings is 1. The van der Waals surface area contributed by atoms with Crippen molar-refractivity contribution in [3.05, 3.63) is 194 Å². The van der Waals surface area contributed by atoms with E-state index in [0.717, 1.165) is 60.7 Å². The van der Waals surface area contributed by atoms with Crippen LogP contribution in [0.3, 0.4) is 0 Å². The Morgan fingerprint density at radius 1 is 0.345 bits per heavy atom. The number of fused-ring (bicyclic) bond motifs is 9. The van der Waals surface area contributed by atoms with Crippen molar-refractivity contribution >= 4 is 65.3 Å². The van der Waals surface area contributed by atoms with Gasteiger partial charge in [-0.2, -0.15) is 0 Å². The van der Waals surface area contributed by atoms with Gasteiger partial charge in [0.2, 0.25) is 0 Å². The first kappa shape index (κ1) is 32.4. The maximum atomic E-state index is 6.28. The van der Waals surface area contributed by atoms with Gasteiger partial charge in [0.05, 0.1) is 11.0 Å². The smallest absolute Gasteiger partial charge is 0.164 e. The van der Waals surface area contributed by atoms with Gasteiger partial charge in [-0.05, 0) is 87.3 Å². The molecule has 0 atom stereocenters. The Kier molecular flexibility index (Phi) is 7.16. The normalized spacial score (nSPS) is 11.8. The lowest BCUT2D eigenvalue weighted by Gasteiger charge is -2.12. The van der Waals surface area contributed by atoms with Crippen LogP contribution in [-0.4, -0.2) is 19.5 Å². The SMILES string of the molecule is c1ccc(-c2ccc3c4c5ccccc5ccc4n(-c4ccc(-c5nc(-c6ccc7ccccc7c6)nc(-c6cccc7oc8ccccc8c67)n5)cc4)c3c2)cc1. The van der Waals surface area contributed by atoms with E-state index in [9.17, 15) is 0 Å². The zero-order valence-electron chi connectivity index (χ0n) is 31.2.